The Morgan fingerprint density at radius 2 is 1.17 bits per heavy atom. The summed E-state index contributed by atoms with van der Waals surface area (Å²) < 4.78 is 28.8. The number of rotatable bonds is 2. The molecule has 0 radical (unpaired) electrons. The normalized spacial score (nSPS) is 19.0. The van der Waals surface area contributed by atoms with Gasteiger partial charge in [0.1, 0.15) is 11.6 Å². The maximum absolute atomic E-state index is 14.5. The molecule has 1 aliphatic carbocycles. The molecular weight excluding hydrogens is 302 g/mol. The van der Waals surface area contributed by atoms with Crippen molar-refractivity contribution in [3.05, 3.63) is 113 Å². The quantitative estimate of drug-likeness (QED) is 0.567. The zero-order chi connectivity index (χ0) is 16.7. The van der Waals surface area contributed by atoms with Crippen LogP contribution in [0.5, 0.6) is 0 Å². The average molecular weight is 318 g/mol. The number of benzene rings is 3. The van der Waals surface area contributed by atoms with Crippen molar-refractivity contribution in [2.75, 3.05) is 0 Å². The van der Waals surface area contributed by atoms with Crippen molar-refractivity contribution in [1.82, 2.24) is 0 Å². The predicted octanol–water partition coefficient (Wildman–Crippen LogP) is 5.72. The third kappa shape index (κ3) is 2.10. The fourth-order valence-corrected chi connectivity index (χ4v) is 3.62. The van der Waals surface area contributed by atoms with Crippen LogP contribution in [0.4, 0.5) is 8.78 Å². The molecule has 4 rings (SSSR count). The summed E-state index contributed by atoms with van der Waals surface area (Å²) in [7, 11) is 0. The summed E-state index contributed by atoms with van der Waals surface area (Å²) in [6.45, 7) is 1.98. The van der Waals surface area contributed by atoms with Crippen LogP contribution in [0, 0.1) is 11.6 Å². The zero-order valence-corrected chi connectivity index (χ0v) is 13.3. The molecule has 1 atom stereocenters. The van der Waals surface area contributed by atoms with Crippen LogP contribution in [0.2, 0.25) is 0 Å². The number of halogens is 2. The first-order valence-electron chi connectivity index (χ1n) is 7.94. The fourth-order valence-electron chi connectivity index (χ4n) is 3.62. The molecule has 0 nitrogen and oxygen atoms in total. The molecule has 24 heavy (non-hydrogen) atoms. The molecular formula is C22H16F2. The molecule has 0 bridgehead atoms. The minimum Gasteiger partial charge on any atom is -0.207 e. The van der Waals surface area contributed by atoms with Crippen LogP contribution in [-0.2, 0) is 5.41 Å². The first-order chi connectivity index (χ1) is 11.6. The van der Waals surface area contributed by atoms with Gasteiger partial charge in [-0.2, -0.15) is 0 Å². The monoisotopic (exact) mass is 318 g/mol. The highest BCUT2D eigenvalue weighted by atomic mass is 19.1. The van der Waals surface area contributed by atoms with E-state index in [1.165, 1.54) is 12.1 Å². The minimum atomic E-state index is -0.625. The van der Waals surface area contributed by atoms with Crippen molar-refractivity contribution < 1.29 is 8.78 Å². The molecule has 0 heterocycles. The van der Waals surface area contributed by atoms with E-state index in [1.54, 1.807) is 24.3 Å². The first kappa shape index (κ1) is 14.8. The van der Waals surface area contributed by atoms with E-state index in [0.717, 1.165) is 16.7 Å². The Balaban J connectivity index is 2.00. The van der Waals surface area contributed by atoms with Gasteiger partial charge in [0.25, 0.3) is 0 Å². The highest BCUT2D eigenvalue weighted by Crippen LogP contribution is 2.47. The summed E-state index contributed by atoms with van der Waals surface area (Å²) in [6, 6.07) is 21.3. The number of fused-ring (bicyclic) bond motifs is 1. The lowest BCUT2D eigenvalue weighted by atomic mass is 9.78. The Kier molecular flexibility index (Phi) is 3.34. The van der Waals surface area contributed by atoms with E-state index in [9.17, 15) is 8.78 Å². The van der Waals surface area contributed by atoms with Gasteiger partial charge in [-0.3, -0.25) is 0 Å². The Bertz CT molecular complexity index is 955. The fraction of sp³-hybridized carbons (Fsp3) is 0.0909. The molecule has 118 valence electrons. The molecule has 1 unspecified atom stereocenters. The van der Waals surface area contributed by atoms with Crippen LogP contribution in [0.25, 0.3) is 5.57 Å². The van der Waals surface area contributed by atoms with Gasteiger partial charge in [0, 0.05) is 16.5 Å². The van der Waals surface area contributed by atoms with E-state index < -0.39 is 5.41 Å². The molecule has 0 amide bonds. The number of hydrogen-bond acceptors (Lipinski definition) is 0. The molecule has 0 N–H and O–H groups in total. The molecule has 0 saturated heterocycles. The van der Waals surface area contributed by atoms with Gasteiger partial charge < -0.3 is 0 Å². The summed E-state index contributed by atoms with van der Waals surface area (Å²) in [5.41, 5.74) is 3.28. The highest BCUT2D eigenvalue weighted by Gasteiger charge is 2.37. The molecule has 1 aliphatic rings. The Labute approximate surface area is 140 Å². The number of allylic oxidation sites excluding steroid dienone is 1. The molecule has 0 fully saturated rings. The van der Waals surface area contributed by atoms with Crippen molar-refractivity contribution in [2.45, 2.75) is 12.3 Å². The second-order valence-corrected chi connectivity index (χ2v) is 6.27. The van der Waals surface area contributed by atoms with Gasteiger partial charge in [-0.15, -0.1) is 0 Å². The van der Waals surface area contributed by atoms with Gasteiger partial charge in [0.05, 0.1) is 0 Å². The van der Waals surface area contributed by atoms with E-state index >= 15 is 0 Å². The highest BCUT2D eigenvalue weighted by molar-refractivity contribution is 5.88. The van der Waals surface area contributed by atoms with Crippen LogP contribution < -0.4 is 0 Å². The summed E-state index contributed by atoms with van der Waals surface area (Å²) in [6.07, 6.45) is 1.98. The molecule has 0 aromatic heterocycles. The van der Waals surface area contributed by atoms with Crippen LogP contribution in [-0.4, -0.2) is 0 Å². The first-order valence-corrected chi connectivity index (χ1v) is 7.94. The van der Waals surface area contributed by atoms with Gasteiger partial charge in [0.2, 0.25) is 0 Å². The second-order valence-electron chi connectivity index (χ2n) is 6.27. The summed E-state index contributed by atoms with van der Waals surface area (Å²) in [5.74, 6) is -0.517. The van der Waals surface area contributed by atoms with E-state index in [2.05, 4.69) is 0 Å². The number of hydrogen-bond donors (Lipinski definition) is 0. The minimum absolute atomic E-state index is 0.249. The maximum atomic E-state index is 14.5. The Morgan fingerprint density at radius 3 is 1.83 bits per heavy atom. The van der Waals surface area contributed by atoms with Crippen LogP contribution in [0.3, 0.4) is 0 Å². The summed E-state index contributed by atoms with van der Waals surface area (Å²) in [5, 5.41) is 0. The largest absolute Gasteiger partial charge is 0.207 e. The average Bonchev–Trinajstić information content (AvgIpc) is 2.90. The van der Waals surface area contributed by atoms with E-state index in [-0.39, 0.29) is 11.6 Å². The van der Waals surface area contributed by atoms with Crippen molar-refractivity contribution in [2.24, 2.45) is 0 Å². The smallest absolute Gasteiger partial charge is 0.131 e. The molecule has 2 heteroatoms. The summed E-state index contributed by atoms with van der Waals surface area (Å²) >= 11 is 0. The van der Waals surface area contributed by atoms with Gasteiger partial charge in [0.15, 0.2) is 0 Å². The lowest BCUT2D eigenvalue weighted by Gasteiger charge is -2.25. The van der Waals surface area contributed by atoms with E-state index in [4.69, 9.17) is 0 Å². The SMILES string of the molecule is CC1(c2ccccc2F)C=C(c2ccccc2F)c2ccccc21. The standard InChI is InChI=1S/C22H16F2/c1-22(19-11-5-7-13-21(19)24)14-17(15-8-2-4-10-18(15)22)16-9-3-6-12-20(16)23/h2-14H,1H3. The third-order valence-electron chi connectivity index (χ3n) is 4.81. The Morgan fingerprint density at radius 1 is 0.625 bits per heavy atom. The van der Waals surface area contributed by atoms with Crippen LogP contribution in [0.15, 0.2) is 78.9 Å². The van der Waals surface area contributed by atoms with Crippen molar-refractivity contribution in [3.63, 3.8) is 0 Å². The second kappa shape index (κ2) is 5.41. The lowest BCUT2D eigenvalue weighted by molar-refractivity contribution is 0.578. The van der Waals surface area contributed by atoms with Crippen LogP contribution in [0.1, 0.15) is 29.2 Å². The van der Waals surface area contributed by atoms with Crippen molar-refractivity contribution in [1.29, 1.82) is 0 Å². The van der Waals surface area contributed by atoms with Crippen molar-refractivity contribution >= 4 is 5.57 Å². The van der Waals surface area contributed by atoms with Crippen molar-refractivity contribution in [3.8, 4) is 0 Å². The van der Waals surface area contributed by atoms with Gasteiger partial charge in [-0.05, 0) is 35.8 Å². The molecule has 3 aromatic carbocycles. The molecule has 0 saturated carbocycles. The topological polar surface area (TPSA) is 0 Å². The van der Waals surface area contributed by atoms with Gasteiger partial charge in [-0.25, -0.2) is 8.78 Å². The maximum Gasteiger partial charge on any atom is 0.131 e. The van der Waals surface area contributed by atoms with E-state index in [0.29, 0.717) is 11.1 Å². The third-order valence-corrected chi connectivity index (χ3v) is 4.81. The molecule has 0 spiro atoms. The summed E-state index contributed by atoms with van der Waals surface area (Å²) in [4.78, 5) is 0. The van der Waals surface area contributed by atoms with E-state index in [1.807, 2.05) is 49.4 Å². The Hall–Kier alpha value is -2.74. The predicted molar refractivity (Wildman–Crippen MR) is 92.8 cm³/mol. The van der Waals surface area contributed by atoms with Gasteiger partial charge in [-0.1, -0.05) is 66.7 Å². The molecule has 0 aliphatic heterocycles. The lowest BCUT2D eigenvalue weighted by Crippen LogP contribution is -2.20. The molecule has 3 aromatic rings. The van der Waals surface area contributed by atoms with Crippen LogP contribution >= 0.6 is 0 Å². The zero-order valence-electron chi connectivity index (χ0n) is 13.3. The van der Waals surface area contributed by atoms with Gasteiger partial charge >= 0.3 is 0 Å².